The zero-order chi connectivity index (χ0) is 23.9. The molecule has 0 saturated heterocycles. The number of hydrogen-bond donors (Lipinski definition) is 2. The van der Waals surface area contributed by atoms with Crippen LogP contribution in [0.5, 0.6) is 11.5 Å². The second-order valence-corrected chi connectivity index (χ2v) is 7.76. The van der Waals surface area contributed by atoms with E-state index >= 15 is 0 Å². The first-order chi connectivity index (χ1) is 16.0. The molecule has 0 aliphatic heterocycles. The summed E-state index contributed by atoms with van der Waals surface area (Å²) in [7, 11) is 1.65. The number of rotatable bonds is 16. The lowest BCUT2D eigenvalue weighted by molar-refractivity contribution is -0.138. The lowest BCUT2D eigenvalue weighted by atomic mass is 10.1. The number of allylic oxidation sites excluding steroid dienone is 1. The molecule has 0 bridgehead atoms. The molecule has 0 atom stereocenters. The van der Waals surface area contributed by atoms with Crippen molar-refractivity contribution in [3.05, 3.63) is 59.4 Å². The number of aliphatic carboxylic acids is 2. The summed E-state index contributed by atoms with van der Waals surface area (Å²) < 4.78 is 11.1. The number of ether oxygens (including phenoxy) is 2. The standard InChI is InChI=1S/C26H33NO6/c1-32-22-14-11-20(12-15-22)8-4-2-3-7-19-33-24-17-13-21(9-5-6-10-25(28)29)27-23(24)16-18-26(30)31/h4,8,11-15,17H,2-3,5-7,9-10,16,18-19H2,1H3,(H,28,29)(H,30,31). The maximum Gasteiger partial charge on any atom is 0.303 e. The fourth-order valence-corrected chi connectivity index (χ4v) is 3.27. The molecule has 178 valence electrons. The van der Waals surface area contributed by atoms with Crippen molar-refractivity contribution in [2.75, 3.05) is 13.7 Å². The molecule has 1 aromatic heterocycles. The van der Waals surface area contributed by atoms with E-state index in [1.165, 1.54) is 0 Å². The fourth-order valence-electron chi connectivity index (χ4n) is 3.27. The number of carboxylic acid groups (broad SMARTS) is 2. The Morgan fingerprint density at radius 1 is 0.909 bits per heavy atom. The molecule has 0 spiro atoms. The Balaban J connectivity index is 1.78. The van der Waals surface area contributed by atoms with Crippen LogP contribution in [0, 0.1) is 0 Å². The number of aromatic nitrogens is 1. The van der Waals surface area contributed by atoms with E-state index in [0.717, 1.165) is 42.7 Å². The molecule has 0 saturated carbocycles. The van der Waals surface area contributed by atoms with Gasteiger partial charge in [-0.2, -0.15) is 0 Å². The van der Waals surface area contributed by atoms with Gasteiger partial charge in [0.1, 0.15) is 11.5 Å². The highest BCUT2D eigenvalue weighted by Crippen LogP contribution is 2.21. The first-order valence-corrected chi connectivity index (χ1v) is 11.3. The zero-order valence-electron chi connectivity index (χ0n) is 19.2. The van der Waals surface area contributed by atoms with E-state index in [-0.39, 0.29) is 12.8 Å². The van der Waals surface area contributed by atoms with Gasteiger partial charge in [0, 0.05) is 18.5 Å². The van der Waals surface area contributed by atoms with E-state index in [1.807, 2.05) is 36.4 Å². The van der Waals surface area contributed by atoms with E-state index in [9.17, 15) is 9.59 Å². The smallest absolute Gasteiger partial charge is 0.303 e. The lowest BCUT2D eigenvalue weighted by Gasteiger charge is -2.12. The molecule has 1 heterocycles. The summed E-state index contributed by atoms with van der Waals surface area (Å²) in [6, 6.07) is 11.6. The summed E-state index contributed by atoms with van der Waals surface area (Å²) in [5, 5.41) is 17.8. The minimum Gasteiger partial charge on any atom is -0.497 e. The number of carboxylic acids is 2. The molecule has 0 unspecified atom stereocenters. The van der Waals surface area contributed by atoms with E-state index in [0.29, 0.717) is 37.3 Å². The minimum absolute atomic E-state index is 0.0119. The highest BCUT2D eigenvalue weighted by molar-refractivity contribution is 5.67. The molecule has 1 aromatic carbocycles. The third-order valence-electron chi connectivity index (χ3n) is 5.09. The first kappa shape index (κ1) is 25.9. The predicted molar refractivity (Wildman–Crippen MR) is 127 cm³/mol. The molecule has 0 aliphatic rings. The molecule has 33 heavy (non-hydrogen) atoms. The molecule has 7 heteroatoms. The van der Waals surface area contributed by atoms with Crippen molar-refractivity contribution in [1.82, 2.24) is 4.98 Å². The van der Waals surface area contributed by atoms with Crippen LogP contribution in [0.25, 0.3) is 6.08 Å². The molecular weight excluding hydrogens is 422 g/mol. The van der Waals surface area contributed by atoms with Crippen molar-refractivity contribution in [1.29, 1.82) is 0 Å². The first-order valence-electron chi connectivity index (χ1n) is 11.3. The Labute approximate surface area is 195 Å². The van der Waals surface area contributed by atoms with Crippen LogP contribution >= 0.6 is 0 Å². The van der Waals surface area contributed by atoms with Gasteiger partial charge in [-0.3, -0.25) is 14.6 Å². The average molecular weight is 456 g/mol. The van der Waals surface area contributed by atoms with Crippen LogP contribution < -0.4 is 9.47 Å². The number of methoxy groups -OCH3 is 1. The van der Waals surface area contributed by atoms with E-state index in [2.05, 4.69) is 17.1 Å². The SMILES string of the molecule is COc1ccc(C=CCCCCOc2ccc(CCCCC(=O)O)nc2CCC(=O)O)cc1. The second-order valence-electron chi connectivity index (χ2n) is 7.76. The highest BCUT2D eigenvalue weighted by atomic mass is 16.5. The second kappa shape index (κ2) is 14.7. The van der Waals surface area contributed by atoms with Gasteiger partial charge >= 0.3 is 11.9 Å². The minimum atomic E-state index is -0.877. The number of unbranched alkanes of at least 4 members (excludes halogenated alkanes) is 3. The van der Waals surface area contributed by atoms with Crippen LogP contribution in [0.2, 0.25) is 0 Å². The molecule has 7 nitrogen and oxygen atoms in total. The van der Waals surface area contributed by atoms with Crippen LogP contribution in [0.4, 0.5) is 0 Å². The van der Waals surface area contributed by atoms with Gasteiger partial charge in [0.25, 0.3) is 0 Å². The average Bonchev–Trinajstić information content (AvgIpc) is 2.81. The van der Waals surface area contributed by atoms with Gasteiger partial charge in [-0.1, -0.05) is 24.3 Å². The summed E-state index contributed by atoms with van der Waals surface area (Å²) in [6.07, 6.45) is 9.43. The third kappa shape index (κ3) is 10.7. The monoisotopic (exact) mass is 455 g/mol. The van der Waals surface area contributed by atoms with Crippen molar-refractivity contribution in [2.45, 2.75) is 57.8 Å². The fraction of sp³-hybridized carbons (Fsp3) is 0.423. The maximum atomic E-state index is 11.0. The number of aryl methyl sites for hydroxylation is 2. The highest BCUT2D eigenvalue weighted by Gasteiger charge is 2.10. The number of pyridine rings is 1. The Morgan fingerprint density at radius 2 is 1.67 bits per heavy atom. The van der Waals surface area contributed by atoms with Crippen molar-refractivity contribution in [3.8, 4) is 11.5 Å². The summed E-state index contributed by atoms with van der Waals surface area (Å²) in [4.78, 5) is 26.2. The van der Waals surface area contributed by atoms with Crippen LogP contribution in [0.3, 0.4) is 0 Å². The van der Waals surface area contributed by atoms with Gasteiger partial charge in [-0.05, 0) is 68.4 Å². The Morgan fingerprint density at radius 3 is 2.36 bits per heavy atom. The lowest BCUT2D eigenvalue weighted by Crippen LogP contribution is -2.06. The maximum absolute atomic E-state index is 11.0. The Hall–Kier alpha value is -3.35. The van der Waals surface area contributed by atoms with Crippen molar-refractivity contribution >= 4 is 18.0 Å². The summed E-state index contributed by atoms with van der Waals surface area (Å²) >= 11 is 0. The molecule has 0 amide bonds. The van der Waals surface area contributed by atoms with Crippen LogP contribution in [-0.4, -0.2) is 40.9 Å². The molecule has 0 radical (unpaired) electrons. The molecule has 0 aliphatic carbocycles. The topological polar surface area (TPSA) is 106 Å². The van der Waals surface area contributed by atoms with Crippen LogP contribution in [0.15, 0.2) is 42.5 Å². The van der Waals surface area contributed by atoms with Crippen LogP contribution in [-0.2, 0) is 22.4 Å². The zero-order valence-corrected chi connectivity index (χ0v) is 19.2. The summed E-state index contributed by atoms with van der Waals surface area (Å²) in [5.74, 6) is -0.213. The number of hydrogen-bond acceptors (Lipinski definition) is 5. The van der Waals surface area contributed by atoms with Crippen molar-refractivity contribution < 1.29 is 29.3 Å². The van der Waals surface area contributed by atoms with E-state index < -0.39 is 11.9 Å². The Kier molecular flexibility index (Phi) is 11.5. The normalized spacial score (nSPS) is 10.9. The molecule has 2 aromatic rings. The van der Waals surface area contributed by atoms with Gasteiger partial charge in [0.2, 0.25) is 0 Å². The van der Waals surface area contributed by atoms with Gasteiger partial charge < -0.3 is 19.7 Å². The number of nitrogens with zero attached hydrogens (tertiary/aromatic N) is 1. The molecule has 2 rings (SSSR count). The summed E-state index contributed by atoms with van der Waals surface area (Å²) in [6.45, 7) is 0.538. The van der Waals surface area contributed by atoms with Crippen molar-refractivity contribution in [2.24, 2.45) is 0 Å². The molecule has 0 fully saturated rings. The van der Waals surface area contributed by atoms with Crippen LogP contribution in [0.1, 0.15) is 61.9 Å². The van der Waals surface area contributed by atoms with Gasteiger partial charge in [0.15, 0.2) is 0 Å². The van der Waals surface area contributed by atoms with E-state index in [1.54, 1.807) is 7.11 Å². The number of benzene rings is 1. The number of carbonyl (C=O) groups is 2. The molecule has 2 N–H and O–H groups in total. The largest absolute Gasteiger partial charge is 0.497 e. The summed E-state index contributed by atoms with van der Waals surface area (Å²) in [5.41, 5.74) is 2.61. The third-order valence-corrected chi connectivity index (χ3v) is 5.09. The quantitative estimate of drug-likeness (QED) is 0.336. The van der Waals surface area contributed by atoms with Gasteiger partial charge in [-0.25, -0.2) is 0 Å². The van der Waals surface area contributed by atoms with Gasteiger partial charge in [0.05, 0.1) is 25.8 Å². The van der Waals surface area contributed by atoms with Gasteiger partial charge in [-0.15, -0.1) is 0 Å². The Bertz CT molecular complexity index is 907. The molecular formula is C26H33NO6. The van der Waals surface area contributed by atoms with Crippen molar-refractivity contribution in [3.63, 3.8) is 0 Å². The van der Waals surface area contributed by atoms with E-state index in [4.69, 9.17) is 19.7 Å². The predicted octanol–water partition coefficient (Wildman–Crippen LogP) is 5.17.